The van der Waals surface area contributed by atoms with Crippen molar-refractivity contribution in [2.75, 3.05) is 31.1 Å². The summed E-state index contributed by atoms with van der Waals surface area (Å²) < 4.78 is 50.3. The molecule has 7 nitrogen and oxygen atoms in total. The second-order valence-corrected chi connectivity index (χ2v) is 11.7. The molecule has 1 aromatic rings. The first-order chi connectivity index (χ1) is 13.0. The number of benzene rings is 1. The highest BCUT2D eigenvalue weighted by Crippen LogP contribution is 2.23. The summed E-state index contributed by atoms with van der Waals surface area (Å²) in [6, 6.07) is 5.57. The topological polar surface area (TPSA) is 91.8 Å². The van der Waals surface area contributed by atoms with Gasteiger partial charge in [-0.25, -0.2) is 16.8 Å². The zero-order valence-electron chi connectivity index (χ0n) is 17.0. The molecule has 1 aliphatic rings. The molecule has 0 bridgehead atoms. The van der Waals surface area contributed by atoms with Gasteiger partial charge in [-0.15, -0.1) is 0 Å². The number of hydrogen-bond donors (Lipinski definition) is 0. The van der Waals surface area contributed by atoms with Gasteiger partial charge < -0.3 is 4.90 Å². The van der Waals surface area contributed by atoms with E-state index < -0.39 is 19.9 Å². The monoisotopic (exact) mass is 430 g/mol. The van der Waals surface area contributed by atoms with Crippen molar-refractivity contribution in [3.8, 4) is 0 Å². The number of sulfonamides is 1. The second-order valence-electron chi connectivity index (χ2n) is 7.52. The van der Waals surface area contributed by atoms with E-state index in [-0.39, 0.29) is 34.3 Å². The molecule has 1 fully saturated rings. The summed E-state index contributed by atoms with van der Waals surface area (Å²) in [7, 11) is -6.70. The molecular weight excluding hydrogens is 400 g/mol. The average Bonchev–Trinajstić information content (AvgIpc) is 2.99. The van der Waals surface area contributed by atoms with Crippen molar-refractivity contribution in [1.29, 1.82) is 0 Å². The highest BCUT2D eigenvalue weighted by Gasteiger charge is 2.35. The van der Waals surface area contributed by atoms with Gasteiger partial charge in [0.15, 0.2) is 9.84 Å². The van der Waals surface area contributed by atoms with Crippen LogP contribution >= 0.6 is 0 Å². The van der Waals surface area contributed by atoms with Crippen LogP contribution in [0.15, 0.2) is 29.2 Å². The third kappa shape index (κ3) is 5.12. The van der Waals surface area contributed by atoms with Gasteiger partial charge in [0.1, 0.15) is 0 Å². The molecular formula is C19H30N2O5S2. The molecule has 1 aromatic carbocycles. The van der Waals surface area contributed by atoms with Gasteiger partial charge in [0.2, 0.25) is 10.0 Å². The Morgan fingerprint density at radius 3 is 2.14 bits per heavy atom. The Hall–Kier alpha value is -1.45. The van der Waals surface area contributed by atoms with E-state index in [1.807, 2.05) is 13.8 Å². The van der Waals surface area contributed by atoms with Gasteiger partial charge in [0.05, 0.1) is 16.4 Å². The fourth-order valence-corrected chi connectivity index (χ4v) is 6.65. The minimum atomic E-state index is -3.58. The normalized spacial score (nSPS) is 19.3. The first kappa shape index (κ1) is 22.8. The van der Waals surface area contributed by atoms with Crippen molar-refractivity contribution in [2.24, 2.45) is 5.92 Å². The number of amides is 1. The lowest BCUT2D eigenvalue weighted by atomic mass is 10.1. The molecule has 0 aromatic heterocycles. The molecule has 0 N–H and O–H groups in total. The summed E-state index contributed by atoms with van der Waals surface area (Å²) in [5, 5.41) is 0. The van der Waals surface area contributed by atoms with Crippen molar-refractivity contribution in [3.63, 3.8) is 0 Å². The zero-order valence-corrected chi connectivity index (χ0v) is 18.6. The van der Waals surface area contributed by atoms with Gasteiger partial charge in [0, 0.05) is 31.2 Å². The number of hydrogen-bond acceptors (Lipinski definition) is 5. The molecule has 158 valence electrons. The van der Waals surface area contributed by atoms with E-state index in [0.29, 0.717) is 31.6 Å². The molecule has 1 saturated heterocycles. The van der Waals surface area contributed by atoms with Crippen LogP contribution in [0.25, 0.3) is 0 Å². The molecule has 1 heterocycles. The maximum atomic E-state index is 13.1. The highest BCUT2D eigenvalue weighted by molar-refractivity contribution is 7.91. The van der Waals surface area contributed by atoms with E-state index in [2.05, 4.69) is 0 Å². The lowest BCUT2D eigenvalue weighted by Gasteiger charge is -2.30. The Labute approximate surface area is 168 Å². The van der Waals surface area contributed by atoms with Gasteiger partial charge in [0.25, 0.3) is 5.91 Å². The third-order valence-electron chi connectivity index (χ3n) is 4.92. The van der Waals surface area contributed by atoms with Crippen LogP contribution in [0.3, 0.4) is 0 Å². The van der Waals surface area contributed by atoms with Crippen LogP contribution in [0.2, 0.25) is 0 Å². The van der Waals surface area contributed by atoms with Crippen LogP contribution in [0.4, 0.5) is 0 Å². The Balaban J connectivity index is 2.28. The number of rotatable bonds is 8. The smallest absolute Gasteiger partial charge is 0.254 e. The molecule has 0 aliphatic carbocycles. The van der Waals surface area contributed by atoms with Gasteiger partial charge in [-0.05, 0) is 36.6 Å². The SMILES string of the molecule is CCN(CC)S(=O)(=O)c1ccc(C(=O)N(CC(C)C)[C@@H]2CCS(=O)(=O)C2)cc1. The summed E-state index contributed by atoms with van der Waals surface area (Å²) in [5.41, 5.74) is 0.364. The third-order valence-corrected chi connectivity index (χ3v) is 8.73. The summed E-state index contributed by atoms with van der Waals surface area (Å²) in [4.78, 5) is 14.8. The quantitative estimate of drug-likeness (QED) is 0.629. The molecule has 9 heteroatoms. The molecule has 0 spiro atoms. The molecule has 0 saturated carbocycles. The van der Waals surface area contributed by atoms with E-state index in [4.69, 9.17) is 0 Å². The van der Waals surface area contributed by atoms with Crippen LogP contribution in [0, 0.1) is 5.92 Å². The molecule has 0 unspecified atom stereocenters. The van der Waals surface area contributed by atoms with Crippen LogP contribution in [0.5, 0.6) is 0 Å². The summed E-state index contributed by atoms with van der Waals surface area (Å²) in [6.07, 6.45) is 0.440. The van der Waals surface area contributed by atoms with Crippen molar-refractivity contribution in [1.82, 2.24) is 9.21 Å². The second kappa shape index (κ2) is 8.92. The fraction of sp³-hybridized carbons (Fsp3) is 0.632. The van der Waals surface area contributed by atoms with Crippen LogP contribution in [-0.4, -0.2) is 69.1 Å². The van der Waals surface area contributed by atoms with E-state index in [1.54, 1.807) is 18.7 Å². The predicted octanol–water partition coefficient (Wildman–Crippen LogP) is 2.00. The minimum Gasteiger partial charge on any atom is -0.334 e. The first-order valence-corrected chi connectivity index (χ1v) is 12.9. The molecule has 1 atom stereocenters. The zero-order chi connectivity index (χ0) is 21.1. The predicted molar refractivity (Wildman–Crippen MR) is 109 cm³/mol. The maximum absolute atomic E-state index is 13.1. The first-order valence-electron chi connectivity index (χ1n) is 9.63. The fourth-order valence-electron chi connectivity index (χ4n) is 3.46. The van der Waals surface area contributed by atoms with Crippen molar-refractivity contribution in [2.45, 2.75) is 45.1 Å². The Bertz CT molecular complexity index is 889. The van der Waals surface area contributed by atoms with Crippen molar-refractivity contribution in [3.05, 3.63) is 29.8 Å². The van der Waals surface area contributed by atoms with Crippen LogP contribution < -0.4 is 0 Å². The van der Waals surface area contributed by atoms with Crippen molar-refractivity contribution < 1.29 is 21.6 Å². The van der Waals surface area contributed by atoms with Crippen molar-refractivity contribution >= 4 is 25.8 Å². The molecule has 28 heavy (non-hydrogen) atoms. The maximum Gasteiger partial charge on any atom is 0.254 e. The van der Waals surface area contributed by atoms with E-state index >= 15 is 0 Å². The lowest BCUT2D eigenvalue weighted by Crippen LogP contribution is -2.43. The molecule has 2 rings (SSSR count). The van der Waals surface area contributed by atoms with Gasteiger partial charge in [-0.1, -0.05) is 27.7 Å². The molecule has 0 radical (unpaired) electrons. The highest BCUT2D eigenvalue weighted by atomic mass is 32.2. The Morgan fingerprint density at radius 2 is 1.71 bits per heavy atom. The minimum absolute atomic E-state index is 0.0140. The van der Waals surface area contributed by atoms with E-state index in [1.165, 1.54) is 28.6 Å². The molecule has 1 aliphatic heterocycles. The van der Waals surface area contributed by atoms with E-state index in [9.17, 15) is 21.6 Å². The largest absolute Gasteiger partial charge is 0.334 e. The summed E-state index contributed by atoms with van der Waals surface area (Å²) in [6.45, 7) is 8.71. The van der Waals surface area contributed by atoms with Gasteiger partial charge in [-0.2, -0.15) is 4.31 Å². The lowest BCUT2D eigenvalue weighted by molar-refractivity contribution is 0.0672. The van der Waals surface area contributed by atoms with Gasteiger partial charge >= 0.3 is 0 Å². The average molecular weight is 431 g/mol. The summed E-state index contributed by atoms with van der Waals surface area (Å²) in [5.74, 6) is 0.0117. The van der Waals surface area contributed by atoms with Crippen LogP contribution in [0.1, 0.15) is 44.5 Å². The number of sulfone groups is 1. The number of carbonyl (C=O) groups is 1. The number of carbonyl (C=O) groups excluding carboxylic acids is 1. The standard InChI is InChI=1S/C19H30N2O5S2/c1-5-20(6-2)28(25,26)18-9-7-16(8-10-18)19(22)21(13-15(3)4)17-11-12-27(23,24)14-17/h7-10,15,17H,5-6,11-14H2,1-4H3/t17-/m1/s1. The van der Waals surface area contributed by atoms with Gasteiger partial charge in [-0.3, -0.25) is 4.79 Å². The number of nitrogens with zero attached hydrogens (tertiary/aromatic N) is 2. The van der Waals surface area contributed by atoms with E-state index in [0.717, 1.165) is 0 Å². The Kier molecular flexibility index (Phi) is 7.27. The molecule has 1 amide bonds. The Morgan fingerprint density at radius 1 is 1.14 bits per heavy atom. The summed E-state index contributed by atoms with van der Waals surface area (Å²) >= 11 is 0. The van der Waals surface area contributed by atoms with Crippen LogP contribution in [-0.2, 0) is 19.9 Å².